The van der Waals surface area contributed by atoms with E-state index in [-0.39, 0.29) is 5.91 Å². The van der Waals surface area contributed by atoms with Crippen molar-refractivity contribution in [1.29, 1.82) is 0 Å². The van der Waals surface area contributed by atoms with Gasteiger partial charge in [-0.2, -0.15) is 0 Å². The summed E-state index contributed by atoms with van der Waals surface area (Å²) in [6, 6.07) is 11.5. The van der Waals surface area contributed by atoms with Crippen LogP contribution in [-0.2, 0) is 6.54 Å². The number of methoxy groups -OCH3 is 3. The molecule has 0 aliphatic heterocycles. The van der Waals surface area contributed by atoms with E-state index in [1.807, 2.05) is 31.2 Å². The lowest BCUT2D eigenvalue weighted by atomic mass is 10.1. The molecular weight excluding hydrogens is 332 g/mol. The van der Waals surface area contributed by atoms with Crippen LogP contribution in [0.1, 0.15) is 21.6 Å². The summed E-state index contributed by atoms with van der Waals surface area (Å²) in [5.74, 6) is 1.46. The summed E-state index contributed by atoms with van der Waals surface area (Å²) >= 11 is 0. The van der Waals surface area contributed by atoms with Crippen molar-refractivity contribution in [3.05, 3.63) is 53.2 Å². The molecule has 0 aliphatic rings. The number of aromatic amines is 1. The summed E-state index contributed by atoms with van der Waals surface area (Å²) in [7, 11) is 4.69. The maximum atomic E-state index is 12.6. The van der Waals surface area contributed by atoms with Crippen LogP contribution in [0.25, 0.3) is 10.9 Å². The van der Waals surface area contributed by atoms with Gasteiger partial charge < -0.3 is 24.5 Å². The van der Waals surface area contributed by atoms with Crippen LogP contribution in [0.15, 0.2) is 36.4 Å². The highest BCUT2D eigenvalue weighted by molar-refractivity contribution is 6.02. The number of amides is 1. The van der Waals surface area contributed by atoms with Crippen molar-refractivity contribution in [3.63, 3.8) is 0 Å². The van der Waals surface area contributed by atoms with Crippen molar-refractivity contribution >= 4 is 16.8 Å². The number of aryl methyl sites for hydroxylation is 1. The first-order valence-corrected chi connectivity index (χ1v) is 8.22. The second kappa shape index (κ2) is 7.39. The van der Waals surface area contributed by atoms with Gasteiger partial charge in [0.25, 0.3) is 5.91 Å². The van der Waals surface area contributed by atoms with E-state index in [9.17, 15) is 4.79 Å². The van der Waals surface area contributed by atoms with E-state index in [1.54, 1.807) is 33.5 Å². The van der Waals surface area contributed by atoms with Gasteiger partial charge in [-0.05, 0) is 18.6 Å². The minimum atomic E-state index is -0.204. The van der Waals surface area contributed by atoms with Gasteiger partial charge in [-0.15, -0.1) is 0 Å². The van der Waals surface area contributed by atoms with Gasteiger partial charge in [-0.1, -0.05) is 29.8 Å². The first kappa shape index (κ1) is 17.7. The monoisotopic (exact) mass is 354 g/mol. The number of aromatic nitrogens is 1. The van der Waals surface area contributed by atoms with Crippen molar-refractivity contribution in [1.82, 2.24) is 10.3 Å². The Kier molecular flexibility index (Phi) is 5.02. The van der Waals surface area contributed by atoms with E-state index in [0.717, 1.165) is 10.9 Å². The van der Waals surface area contributed by atoms with Crippen LogP contribution in [0.5, 0.6) is 17.2 Å². The molecule has 0 aliphatic carbocycles. The Bertz CT molecular complexity index is 929. The molecule has 0 fully saturated rings. The Morgan fingerprint density at radius 3 is 2.31 bits per heavy atom. The number of ether oxygens (including phenoxy) is 3. The Labute approximate surface area is 152 Å². The molecule has 0 radical (unpaired) electrons. The largest absolute Gasteiger partial charge is 0.496 e. The minimum absolute atomic E-state index is 0.204. The van der Waals surface area contributed by atoms with Crippen LogP contribution in [0.3, 0.4) is 0 Å². The molecule has 0 atom stereocenters. The number of nitrogens with one attached hydrogen (secondary N) is 2. The summed E-state index contributed by atoms with van der Waals surface area (Å²) in [5.41, 5.74) is 3.31. The second-order valence-electron chi connectivity index (χ2n) is 5.95. The predicted octanol–water partition coefficient (Wildman–Crippen LogP) is 3.43. The average molecular weight is 354 g/mol. The highest BCUT2D eigenvalue weighted by Gasteiger charge is 2.19. The molecule has 2 aromatic carbocycles. The molecular formula is C20H22N2O4. The van der Waals surface area contributed by atoms with E-state index in [0.29, 0.717) is 35.0 Å². The van der Waals surface area contributed by atoms with Crippen molar-refractivity contribution in [3.8, 4) is 17.2 Å². The van der Waals surface area contributed by atoms with Gasteiger partial charge in [0.2, 0.25) is 0 Å². The van der Waals surface area contributed by atoms with Crippen LogP contribution in [0, 0.1) is 6.92 Å². The van der Waals surface area contributed by atoms with Crippen molar-refractivity contribution in [2.75, 3.05) is 21.3 Å². The number of hydrogen-bond donors (Lipinski definition) is 2. The topological polar surface area (TPSA) is 72.6 Å². The summed E-state index contributed by atoms with van der Waals surface area (Å²) in [4.78, 5) is 15.7. The molecule has 1 amide bonds. The molecule has 0 saturated carbocycles. The Morgan fingerprint density at radius 1 is 1.00 bits per heavy atom. The molecule has 0 spiro atoms. The molecule has 0 saturated heterocycles. The predicted molar refractivity (Wildman–Crippen MR) is 100 cm³/mol. The smallest absolute Gasteiger partial charge is 0.268 e. The molecule has 3 rings (SSSR count). The number of fused-ring (bicyclic) bond motifs is 1. The number of H-pyrrole nitrogens is 1. The molecule has 6 heteroatoms. The van der Waals surface area contributed by atoms with E-state index in [1.165, 1.54) is 5.56 Å². The van der Waals surface area contributed by atoms with Gasteiger partial charge in [0, 0.05) is 18.0 Å². The number of carbonyl (C=O) groups is 1. The van der Waals surface area contributed by atoms with Gasteiger partial charge in [0.05, 0.1) is 26.8 Å². The van der Waals surface area contributed by atoms with E-state index < -0.39 is 0 Å². The van der Waals surface area contributed by atoms with Crippen LogP contribution in [0.2, 0.25) is 0 Å². The lowest BCUT2D eigenvalue weighted by Gasteiger charge is -2.11. The highest BCUT2D eigenvalue weighted by Crippen LogP contribution is 2.41. The third-order valence-corrected chi connectivity index (χ3v) is 4.26. The zero-order valence-electron chi connectivity index (χ0n) is 15.3. The second-order valence-corrected chi connectivity index (χ2v) is 5.95. The standard InChI is InChI=1S/C20H22N2O4/c1-12-5-7-13(8-6-12)11-21-20(23)15-9-14-16(24-2)10-17(25-3)19(26-4)18(14)22-15/h5-10,22H,11H2,1-4H3,(H,21,23). The lowest BCUT2D eigenvalue weighted by Crippen LogP contribution is -2.23. The molecule has 0 unspecified atom stereocenters. The zero-order chi connectivity index (χ0) is 18.7. The molecule has 136 valence electrons. The molecule has 26 heavy (non-hydrogen) atoms. The van der Waals surface area contributed by atoms with E-state index in [2.05, 4.69) is 10.3 Å². The highest BCUT2D eigenvalue weighted by atomic mass is 16.5. The molecule has 1 heterocycles. The lowest BCUT2D eigenvalue weighted by molar-refractivity contribution is 0.0946. The average Bonchev–Trinajstić information content (AvgIpc) is 3.11. The van der Waals surface area contributed by atoms with E-state index in [4.69, 9.17) is 14.2 Å². The summed E-state index contributed by atoms with van der Waals surface area (Å²) < 4.78 is 16.2. The number of carbonyl (C=O) groups excluding carboxylic acids is 1. The zero-order valence-corrected chi connectivity index (χ0v) is 15.3. The van der Waals surface area contributed by atoms with Gasteiger partial charge in [0.15, 0.2) is 11.5 Å². The van der Waals surface area contributed by atoms with Crippen LogP contribution in [-0.4, -0.2) is 32.2 Å². The normalized spacial score (nSPS) is 10.6. The summed E-state index contributed by atoms with van der Waals surface area (Å²) in [5, 5.41) is 3.67. The van der Waals surface area contributed by atoms with Gasteiger partial charge in [0.1, 0.15) is 11.4 Å². The quantitative estimate of drug-likeness (QED) is 0.711. The minimum Gasteiger partial charge on any atom is -0.496 e. The van der Waals surface area contributed by atoms with Gasteiger partial charge >= 0.3 is 0 Å². The number of benzene rings is 2. The van der Waals surface area contributed by atoms with Crippen molar-refractivity contribution in [2.45, 2.75) is 13.5 Å². The van der Waals surface area contributed by atoms with Crippen LogP contribution < -0.4 is 19.5 Å². The first-order chi connectivity index (χ1) is 12.6. The molecule has 2 N–H and O–H groups in total. The molecule has 3 aromatic rings. The molecule has 1 aromatic heterocycles. The number of hydrogen-bond acceptors (Lipinski definition) is 4. The Morgan fingerprint density at radius 2 is 1.69 bits per heavy atom. The maximum absolute atomic E-state index is 12.6. The fraction of sp³-hybridized carbons (Fsp3) is 0.250. The summed E-state index contributed by atoms with van der Waals surface area (Å²) in [6.45, 7) is 2.48. The Balaban J connectivity index is 1.90. The maximum Gasteiger partial charge on any atom is 0.268 e. The van der Waals surface area contributed by atoms with Gasteiger partial charge in [-0.25, -0.2) is 0 Å². The molecule has 0 bridgehead atoms. The summed E-state index contributed by atoms with van der Waals surface area (Å²) in [6.07, 6.45) is 0. The Hall–Kier alpha value is -3.15. The fourth-order valence-corrected chi connectivity index (χ4v) is 2.84. The van der Waals surface area contributed by atoms with Crippen molar-refractivity contribution < 1.29 is 19.0 Å². The van der Waals surface area contributed by atoms with Gasteiger partial charge in [-0.3, -0.25) is 4.79 Å². The third kappa shape index (κ3) is 3.31. The third-order valence-electron chi connectivity index (χ3n) is 4.26. The van der Waals surface area contributed by atoms with Crippen LogP contribution in [0.4, 0.5) is 0 Å². The molecule has 6 nitrogen and oxygen atoms in total. The fourth-order valence-electron chi connectivity index (χ4n) is 2.84. The number of rotatable bonds is 6. The SMILES string of the molecule is COc1cc(OC)c2cc(C(=O)NCc3ccc(C)cc3)[nH]c2c1OC. The van der Waals surface area contributed by atoms with E-state index >= 15 is 0 Å². The van der Waals surface area contributed by atoms with Crippen LogP contribution >= 0.6 is 0 Å². The van der Waals surface area contributed by atoms with Crippen molar-refractivity contribution in [2.24, 2.45) is 0 Å². The first-order valence-electron chi connectivity index (χ1n) is 8.22.